The Hall–Kier alpha value is -2.23. The minimum Gasteiger partial charge on any atom is -0.508 e. The highest BCUT2D eigenvalue weighted by Gasteiger charge is 2.12. The van der Waals surface area contributed by atoms with Crippen LogP contribution in [0.2, 0.25) is 0 Å². The first-order valence-corrected chi connectivity index (χ1v) is 4.66. The van der Waals surface area contributed by atoms with Crippen LogP contribution >= 0.6 is 0 Å². The average molecular weight is 218 g/mol. The summed E-state index contributed by atoms with van der Waals surface area (Å²) in [5.74, 6) is -0.637. The maximum atomic E-state index is 11.0. The third-order valence-corrected chi connectivity index (χ3v) is 2.37. The number of aromatic carboxylic acids is 1. The number of methoxy groups -OCH3 is 1. The van der Waals surface area contributed by atoms with Crippen molar-refractivity contribution in [1.29, 1.82) is 0 Å². The highest BCUT2D eigenvalue weighted by molar-refractivity contribution is 5.98. The number of fused-ring (bicyclic) bond motifs is 1. The lowest BCUT2D eigenvalue weighted by atomic mass is 10.1. The smallest absolute Gasteiger partial charge is 0.339 e. The summed E-state index contributed by atoms with van der Waals surface area (Å²) in [6.45, 7) is 0. The van der Waals surface area contributed by atoms with Gasteiger partial charge in [-0.15, -0.1) is 0 Å². The number of phenolic OH excluding ortho intramolecular Hbond substituents is 1. The SMILES string of the molecule is COc1cc2ccc(O)cc2cc1C(=O)O. The van der Waals surface area contributed by atoms with Gasteiger partial charge in [0.15, 0.2) is 0 Å². The van der Waals surface area contributed by atoms with E-state index in [2.05, 4.69) is 0 Å². The van der Waals surface area contributed by atoms with Gasteiger partial charge < -0.3 is 14.9 Å². The van der Waals surface area contributed by atoms with Gasteiger partial charge in [-0.25, -0.2) is 4.79 Å². The van der Waals surface area contributed by atoms with Crippen LogP contribution in [-0.2, 0) is 0 Å². The molecular weight excluding hydrogens is 208 g/mol. The number of ether oxygens (including phenoxy) is 1. The molecule has 2 aromatic rings. The maximum Gasteiger partial charge on any atom is 0.339 e. The number of carboxylic acids is 1. The van der Waals surface area contributed by atoms with E-state index in [0.717, 1.165) is 5.39 Å². The molecule has 0 spiro atoms. The van der Waals surface area contributed by atoms with Gasteiger partial charge in [0.1, 0.15) is 17.1 Å². The first-order chi connectivity index (χ1) is 7.61. The predicted molar refractivity (Wildman–Crippen MR) is 59.1 cm³/mol. The van der Waals surface area contributed by atoms with E-state index in [-0.39, 0.29) is 11.3 Å². The van der Waals surface area contributed by atoms with Crippen molar-refractivity contribution < 1.29 is 19.7 Å². The molecule has 82 valence electrons. The van der Waals surface area contributed by atoms with Gasteiger partial charge in [-0.3, -0.25) is 0 Å². The van der Waals surface area contributed by atoms with Gasteiger partial charge >= 0.3 is 5.97 Å². The molecule has 0 aliphatic rings. The van der Waals surface area contributed by atoms with Crippen molar-refractivity contribution >= 4 is 16.7 Å². The second-order valence-electron chi connectivity index (χ2n) is 3.39. The molecule has 0 amide bonds. The van der Waals surface area contributed by atoms with Gasteiger partial charge in [-0.05, 0) is 35.0 Å². The fraction of sp³-hybridized carbons (Fsp3) is 0.0833. The Morgan fingerprint density at radius 1 is 1.19 bits per heavy atom. The summed E-state index contributed by atoms with van der Waals surface area (Å²) in [5, 5.41) is 19.8. The number of hydrogen-bond acceptors (Lipinski definition) is 3. The Morgan fingerprint density at radius 2 is 1.94 bits per heavy atom. The van der Waals surface area contributed by atoms with Gasteiger partial charge in [-0.1, -0.05) is 6.07 Å². The molecule has 2 aromatic carbocycles. The molecule has 0 heterocycles. The van der Waals surface area contributed by atoms with Crippen molar-refractivity contribution in [3.63, 3.8) is 0 Å². The summed E-state index contributed by atoms with van der Waals surface area (Å²) in [6, 6.07) is 7.89. The molecule has 2 N–H and O–H groups in total. The number of carboxylic acid groups (broad SMARTS) is 1. The van der Waals surface area contributed by atoms with E-state index in [9.17, 15) is 9.90 Å². The Bertz CT molecular complexity index is 560. The highest BCUT2D eigenvalue weighted by Crippen LogP contribution is 2.28. The normalized spacial score (nSPS) is 10.3. The van der Waals surface area contributed by atoms with Crippen molar-refractivity contribution in [2.45, 2.75) is 0 Å². The van der Waals surface area contributed by atoms with E-state index in [0.29, 0.717) is 11.1 Å². The second-order valence-corrected chi connectivity index (χ2v) is 3.39. The summed E-state index contributed by atoms with van der Waals surface area (Å²) in [7, 11) is 1.42. The van der Waals surface area contributed by atoms with E-state index in [1.165, 1.54) is 19.2 Å². The third-order valence-electron chi connectivity index (χ3n) is 2.37. The zero-order valence-corrected chi connectivity index (χ0v) is 8.60. The molecule has 0 saturated heterocycles. The van der Waals surface area contributed by atoms with Crippen LogP contribution < -0.4 is 4.74 Å². The number of carbonyl (C=O) groups is 1. The van der Waals surface area contributed by atoms with Crippen LogP contribution in [0.25, 0.3) is 10.8 Å². The van der Waals surface area contributed by atoms with Gasteiger partial charge in [-0.2, -0.15) is 0 Å². The Balaban J connectivity index is 2.75. The number of phenols is 1. The van der Waals surface area contributed by atoms with Crippen LogP contribution in [0.1, 0.15) is 10.4 Å². The van der Waals surface area contributed by atoms with Crippen molar-refractivity contribution in [1.82, 2.24) is 0 Å². The predicted octanol–water partition coefficient (Wildman–Crippen LogP) is 2.25. The van der Waals surface area contributed by atoms with E-state index >= 15 is 0 Å². The quantitative estimate of drug-likeness (QED) is 0.811. The Morgan fingerprint density at radius 3 is 2.56 bits per heavy atom. The zero-order chi connectivity index (χ0) is 11.7. The van der Waals surface area contributed by atoms with Crippen LogP contribution in [0.5, 0.6) is 11.5 Å². The minimum atomic E-state index is -1.05. The van der Waals surface area contributed by atoms with Crippen LogP contribution in [0.4, 0.5) is 0 Å². The molecular formula is C12H10O4. The molecule has 0 atom stereocenters. The number of rotatable bonds is 2. The molecule has 4 nitrogen and oxygen atoms in total. The maximum absolute atomic E-state index is 11.0. The molecule has 0 aromatic heterocycles. The lowest BCUT2D eigenvalue weighted by Crippen LogP contribution is -2.00. The first-order valence-electron chi connectivity index (χ1n) is 4.66. The van der Waals surface area contributed by atoms with Gasteiger partial charge in [0.25, 0.3) is 0 Å². The first kappa shape index (κ1) is 10.3. The summed E-state index contributed by atoms with van der Waals surface area (Å²) >= 11 is 0. The largest absolute Gasteiger partial charge is 0.508 e. The van der Waals surface area contributed by atoms with Crippen molar-refractivity contribution in [2.24, 2.45) is 0 Å². The number of benzene rings is 2. The monoisotopic (exact) mass is 218 g/mol. The molecule has 0 saturated carbocycles. The summed E-state index contributed by atoms with van der Waals surface area (Å²) < 4.78 is 5.00. The highest BCUT2D eigenvalue weighted by atomic mass is 16.5. The van der Waals surface area contributed by atoms with Crippen molar-refractivity contribution in [2.75, 3.05) is 7.11 Å². The topological polar surface area (TPSA) is 66.8 Å². The van der Waals surface area contributed by atoms with Crippen molar-refractivity contribution in [3.05, 3.63) is 35.9 Å². The van der Waals surface area contributed by atoms with Crippen molar-refractivity contribution in [3.8, 4) is 11.5 Å². The summed E-state index contributed by atoms with van der Waals surface area (Å²) in [6.07, 6.45) is 0. The van der Waals surface area contributed by atoms with E-state index in [4.69, 9.17) is 9.84 Å². The summed E-state index contributed by atoms with van der Waals surface area (Å²) in [5.41, 5.74) is 0.0839. The van der Waals surface area contributed by atoms with Crippen LogP contribution in [0, 0.1) is 0 Å². The fourth-order valence-electron chi connectivity index (χ4n) is 1.60. The lowest BCUT2D eigenvalue weighted by Gasteiger charge is -2.07. The Labute approximate surface area is 91.7 Å². The molecule has 0 fully saturated rings. The standard InChI is InChI=1S/C12H10O4/c1-16-11-6-7-2-3-9(13)4-8(7)5-10(11)12(14)15/h2-6,13H,1H3,(H,14,15). The molecule has 2 rings (SSSR count). The lowest BCUT2D eigenvalue weighted by molar-refractivity contribution is 0.0693. The molecule has 0 aliphatic carbocycles. The summed E-state index contributed by atoms with van der Waals surface area (Å²) in [4.78, 5) is 11.0. The van der Waals surface area contributed by atoms with Gasteiger partial charge in [0, 0.05) is 0 Å². The molecule has 0 bridgehead atoms. The molecule has 0 unspecified atom stereocenters. The number of aromatic hydroxyl groups is 1. The Kier molecular flexibility index (Phi) is 2.40. The van der Waals surface area contributed by atoms with E-state index in [1.807, 2.05) is 0 Å². The zero-order valence-electron chi connectivity index (χ0n) is 8.60. The van der Waals surface area contributed by atoms with Gasteiger partial charge in [0.05, 0.1) is 7.11 Å². The van der Waals surface area contributed by atoms with Gasteiger partial charge in [0.2, 0.25) is 0 Å². The number of hydrogen-bond donors (Lipinski definition) is 2. The van der Waals surface area contributed by atoms with Crippen LogP contribution in [0.3, 0.4) is 0 Å². The van der Waals surface area contributed by atoms with E-state index in [1.54, 1.807) is 18.2 Å². The van der Waals surface area contributed by atoms with Crippen LogP contribution in [-0.4, -0.2) is 23.3 Å². The fourth-order valence-corrected chi connectivity index (χ4v) is 1.60. The molecule has 0 aliphatic heterocycles. The second kappa shape index (κ2) is 3.73. The molecule has 16 heavy (non-hydrogen) atoms. The molecule has 4 heteroatoms. The average Bonchev–Trinajstić information content (AvgIpc) is 2.27. The third kappa shape index (κ3) is 1.65. The van der Waals surface area contributed by atoms with Crippen LogP contribution in [0.15, 0.2) is 30.3 Å². The minimum absolute atomic E-state index is 0.0839. The van der Waals surface area contributed by atoms with E-state index < -0.39 is 5.97 Å². The molecule has 0 radical (unpaired) electrons.